The lowest BCUT2D eigenvalue weighted by Gasteiger charge is -2.09. The molecule has 2 N–H and O–H groups in total. The molecule has 0 saturated heterocycles. The number of fused-ring (bicyclic) bond motifs is 2. The van der Waals surface area contributed by atoms with Crippen LogP contribution in [0.1, 0.15) is 11.3 Å². The van der Waals surface area contributed by atoms with Crippen LogP contribution in [0.2, 0.25) is 0 Å². The van der Waals surface area contributed by atoms with Crippen molar-refractivity contribution in [3.05, 3.63) is 90.1 Å². The van der Waals surface area contributed by atoms with Crippen molar-refractivity contribution in [1.82, 2.24) is 15.0 Å². The zero-order chi connectivity index (χ0) is 19.6. The molecule has 0 bridgehead atoms. The molecule has 5 heteroatoms. The molecule has 5 aromatic rings. The first-order valence-electron chi connectivity index (χ1n) is 9.47. The van der Waals surface area contributed by atoms with Crippen LogP contribution >= 0.6 is 0 Å². The van der Waals surface area contributed by atoms with Gasteiger partial charge < -0.3 is 4.98 Å². The van der Waals surface area contributed by atoms with E-state index < -0.39 is 0 Å². The van der Waals surface area contributed by atoms with Gasteiger partial charge in [-0.3, -0.25) is 0 Å². The first-order valence-corrected chi connectivity index (χ1v) is 9.47. The van der Waals surface area contributed by atoms with Gasteiger partial charge in [-0.25, -0.2) is 15.4 Å². The fraction of sp³-hybridized carbons (Fsp3) is 0.0417. The maximum absolute atomic E-state index is 4.74. The predicted octanol–water partition coefficient (Wildman–Crippen LogP) is 5.53. The fourth-order valence-electron chi connectivity index (χ4n) is 3.43. The van der Waals surface area contributed by atoms with Gasteiger partial charge in [0, 0.05) is 21.9 Å². The van der Waals surface area contributed by atoms with Crippen LogP contribution in [0.15, 0.2) is 84.0 Å². The largest absolute Gasteiger partial charge is 0.354 e. The van der Waals surface area contributed by atoms with Crippen LogP contribution in [0.5, 0.6) is 0 Å². The van der Waals surface area contributed by atoms with E-state index in [1.165, 1.54) is 5.56 Å². The molecule has 5 rings (SSSR count). The number of rotatable bonds is 4. The van der Waals surface area contributed by atoms with Gasteiger partial charge in [-0.2, -0.15) is 5.10 Å². The highest BCUT2D eigenvalue weighted by molar-refractivity contribution is 5.94. The normalized spacial score (nSPS) is 11.5. The third-order valence-corrected chi connectivity index (χ3v) is 4.82. The lowest BCUT2D eigenvalue weighted by Crippen LogP contribution is -2.00. The van der Waals surface area contributed by atoms with Crippen LogP contribution in [-0.4, -0.2) is 21.2 Å². The summed E-state index contributed by atoms with van der Waals surface area (Å²) in [4.78, 5) is 12.7. The summed E-state index contributed by atoms with van der Waals surface area (Å²) >= 11 is 0. The summed E-state index contributed by atoms with van der Waals surface area (Å²) in [5.74, 6) is 0.465. The van der Waals surface area contributed by atoms with Crippen molar-refractivity contribution in [3.63, 3.8) is 0 Å². The average Bonchev–Trinajstić information content (AvgIpc) is 3.17. The van der Waals surface area contributed by atoms with Crippen molar-refractivity contribution in [3.8, 4) is 11.3 Å². The SMILES string of the molecule is Cc1ccc2nc(NN=Cc3cc4ccccc4[nH]3)nc(-c3ccccc3)c2c1. The number of benzene rings is 3. The number of nitrogens with zero attached hydrogens (tertiary/aromatic N) is 3. The number of H-pyrrole nitrogens is 1. The van der Waals surface area contributed by atoms with E-state index in [1.54, 1.807) is 6.21 Å². The van der Waals surface area contributed by atoms with Crippen molar-refractivity contribution in [2.75, 3.05) is 5.43 Å². The monoisotopic (exact) mass is 377 g/mol. The third kappa shape index (κ3) is 3.46. The molecule has 0 saturated carbocycles. The Morgan fingerprint density at radius 1 is 0.897 bits per heavy atom. The highest BCUT2D eigenvalue weighted by Gasteiger charge is 2.10. The molecule has 0 atom stereocenters. The molecule has 3 aromatic carbocycles. The van der Waals surface area contributed by atoms with Gasteiger partial charge >= 0.3 is 0 Å². The Labute approximate surface area is 168 Å². The number of hydrogen-bond donors (Lipinski definition) is 2. The van der Waals surface area contributed by atoms with Crippen molar-refractivity contribution in [2.24, 2.45) is 5.10 Å². The highest BCUT2D eigenvalue weighted by atomic mass is 15.3. The molecule has 0 spiro atoms. The summed E-state index contributed by atoms with van der Waals surface area (Å²) in [5, 5.41) is 6.51. The van der Waals surface area contributed by atoms with Gasteiger partial charge in [-0.05, 0) is 31.2 Å². The number of anilines is 1. The topological polar surface area (TPSA) is 66.0 Å². The number of hydrogen-bond acceptors (Lipinski definition) is 4. The van der Waals surface area contributed by atoms with Gasteiger partial charge in [0.05, 0.1) is 23.1 Å². The summed E-state index contributed by atoms with van der Waals surface area (Å²) in [5.41, 5.74) is 8.98. The summed E-state index contributed by atoms with van der Waals surface area (Å²) in [6, 6.07) is 26.5. The van der Waals surface area contributed by atoms with Crippen molar-refractivity contribution < 1.29 is 0 Å². The minimum Gasteiger partial charge on any atom is -0.354 e. The van der Waals surface area contributed by atoms with Crippen LogP contribution in [0.3, 0.4) is 0 Å². The van der Waals surface area contributed by atoms with E-state index in [0.29, 0.717) is 5.95 Å². The molecular formula is C24H19N5. The molecule has 0 aliphatic carbocycles. The second-order valence-electron chi connectivity index (χ2n) is 6.96. The van der Waals surface area contributed by atoms with E-state index in [1.807, 2.05) is 42.5 Å². The zero-order valence-corrected chi connectivity index (χ0v) is 15.9. The minimum atomic E-state index is 0.465. The molecule has 0 aliphatic rings. The molecule has 140 valence electrons. The lowest BCUT2D eigenvalue weighted by molar-refractivity contribution is 1.15. The summed E-state index contributed by atoms with van der Waals surface area (Å²) in [7, 11) is 0. The molecule has 0 radical (unpaired) electrons. The summed E-state index contributed by atoms with van der Waals surface area (Å²) in [6.45, 7) is 2.07. The molecule has 0 aliphatic heterocycles. The van der Waals surface area contributed by atoms with Crippen LogP contribution < -0.4 is 5.43 Å². The van der Waals surface area contributed by atoms with Crippen LogP contribution in [0.4, 0.5) is 5.95 Å². The van der Waals surface area contributed by atoms with Crippen molar-refractivity contribution in [1.29, 1.82) is 0 Å². The number of nitrogens with one attached hydrogen (secondary N) is 2. The lowest BCUT2D eigenvalue weighted by atomic mass is 10.0. The second-order valence-corrected chi connectivity index (χ2v) is 6.96. The Bertz CT molecular complexity index is 1300. The van der Waals surface area contributed by atoms with Crippen LogP contribution in [0, 0.1) is 6.92 Å². The molecule has 0 fully saturated rings. The van der Waals surface area contributed by atoms with E-state index in [4.69, 9.17) is 4.98 Å². The van der Waals surface area contributed by atoms with E-state index in [-0.39, 0.29) is 0 Å². The molecule has 29 heavy (non-hydrogen) atoms. The average molecular weight is 377 g/mol. The number of aromatic amines is 1. The first-order chi connectivity index (χ1) is 14.3. The molecule has 5 nitrogen and oxygen atoms in total. The van der Waals surface area contributed by atoms with Gasteiger partial charge in [0.25, 0.3) is 0 Å². The van der Waals surface area contributed by atoms with Gasteiger partial charge in [-0.1, -0.05) is 60.2 Å². The van der Waals surface area contributed by atoms with E-state index in [9.17, 15) is 0 Å². The third-order valence-electron chi connectivity index (χ3n) is 4.82. The van der Waals surface area contributed by atoms with E-state index in [0.717, 1.165) is 38.8 Å². The second kappa shape index (κ2) is 7.20. The molecular weight excluding hydrogens is 358 g/mol. The number of aryl methyl sites for hydroxylation is 1. The maximum atomic E-state index is 4.74. The molecule has 2 heterocycles. The fourth-order valence-corrected chi connectivity index (χ4v) is 3.43. The van der Waals surface area contributed by atoms with E-state index >= 15 is 0 Å². The molecule has 2 aromatic heterocycles. The van der Waals surface area contributed by atoms with Crippen molar-refractivity contribution in [2.45, 2.75) is 6.92 Å². The summed E-state index contributed by atoms with van der Waals surface area (Å²) in [6.07, 6.45) is 1.74. The quantitative estimate of drug-likeness (QED) is 0.319. The Hall–Kier alpha value is -3.99. The van der Waals surface area contributed by atoms with E-state index in [2.05, 4.69) is 63.8 Å². The van der Waals surface area contributed by atoms with Gasteiger partial charge in [0.2, 0.25) is 5.95 Å². The minimum absolute atomic E-state index is 0.465. The number of hydrazone groups is 1. The van der Waals surface area contributed by atoms with Crippen LogP contribution in [-0.2, 0) is 0 Å². The Morgan fingerprint density at radius 3 is 2.59 bits per heavy atom. The summed E-state index contributed by atoms with van der Waals surface area (Å²) < 4.78 is 0. The standard InChI is InChI=1S/C24H19N5/c1-16-11-12-22-20(13-16)23(17-7-3-2-4-8-17)28-24(27-22)29-25-15-19-14-18-9-5-6-10-21(18)26-19/h2-15,26H,1H3,(H,27,28,29). The zero-order valence-electron chi connectivity index (χ0n) is 15.9. The maximum Gasteiger partial charge on any atom is 0.244 e. The van der Waals surface area contributed by atoms with Crippen molar-refractivity contribution >= 4 is 34.0 Å². The van der Waals surface area contributed by atoms with Gasteiger partial charge in [0.15, 0.2) is 0 Å². The van der Waals surface area contributed by atoms with Gasteiger partial charge in [-0.15, -0.1) is 0 Å². The Balaban J connectivity index is 1.50. The predicted molar refractivity (Wildman–Crippen MR) is 119 cm³/mol. The molecule has 0 unspecified atom stereocenters. The Kier molecular flexibility index (Phi) is 4.26. The highest BCUT2D eigenvalue weighted by Crippen LogP contribution is 2.28. The van der Waals surface area contributed by atoms with Crippen LogP contribution in [0.25, 0.3) is 33.1 Å². The Morgan fingerprint density at radius 2 is 1.72 bits per heavy atom. The first kappa shape index (κ1) is 17.1. The number of aromatic nitrogens is 3. The molecule has 0 amide bonds. The van der Waals surface area contributed by atoms with Gasteiger partial charge in [0.1, 0.15) is 0 Å². The number of para-hydroxylation sites is 1. The smallest absolute Gasteiger partial charge is 0.244 e.